The van der Waals surface area contributed by atoms with Gasteiger partial charge in [0.1, 0.15) is 0 Å². The number of hydrogen-bond donors (Lipinski definition) is 1. The maximum absolute atomic E-state index is 10.7. The van der Waals surface area contributed by atoms with Crippen molar-refractivity contribution >= 4 is 17.3 Å². The van der Waals surface area contributed by atoms with Gasteiger partial charge in [0.05, 0.1) is 9.95 Å². The lowest BCUT2D eigenvalue weighted by atomic mass is 10.2. The molecule has 6 heteroatoms. The molecule has 1 aliphatic heterocycles. The highest BCUT2D eigenvalue weighted by molar-refractivity contribution is 6.31. The number of nitro benzene ring substituents is 1. The van der Waals surface area contributed by atoms with Gasteiger partial charge in [-0.2, -0.15) is 0 Å². The van der Waals surface area contributed by atoms with Crippen LogP contribution in [0.5, 0.6) is 0 Å². The van der Waals surface area contributed by atoms with E-state index in [1.54, 1.807) is 6.07 Å². The van der Waals surface area contributed by atoms with Gasteiger partial charge in [-0.3, -0.25) is 15.0 Å². The number of nitrogens with one attached hydrogen (secondary N) is 1. The van der Waals surface area contributed by atoms with E-state index >= 15 is 0 Å². The molecular weight excluding hydrogens is 278 g/mol. The molecular formula is C14H18ClN3O2. The summed E-state index contributed by atoms with van der Waals surface area (Å²) in [6.07, 6.45) is 3.86. The SMILES string of the molecule is O=[N+]([O-])c1ccc(CNC2CCN(C3CC3)C2)c(Cl)c1. The van der Waals surface area contributed by atoms with Crippen molar-refractivity contribution in [2.45, 2.75) is 37.9 Å². The van der Waals surface area contributed by atoms with Gasteiger partial charge in [0.2, 0.25) is 0 Å². The molecule has 20 heavy (non-hydrogen) atoms. The van der Waals surface area contributed by atoms with E-state index in [9.17, 15) is 10.1 Å². The van der Waals surface area contributed by atoms with E-state index in [1.165, 1.54) is 37.9 Å². The molecule has 0 amide bonds. The standard InChI is InChI=1S/C14H18ClN3O2/c15-14-7-13(18(19)20)2-1-10(14)8-16-11-5-6-17(9-11)12-3-4-12/h1-2,7,11-12,16H,3-6,8-9H2. The summed E-state index contributed by atoms with van der Waals surface area (Å²) < 4.78 is 0. The van der Waals surface area contributed by atoms with Crippen molar-refractivity contribution in [3.05, 3.63) is 38.9 Å². The number of nitrogens with zero attached hydrogens (tertiary/aromatic N) is 2. The highest BCUT2D eigenvalue weighted by Gasteiger charge is 2.34. The van der Waals surface area contributed by atoms with E-state index in [2.05, 4.69) is 10.2 Å². The number of nitro groups is 1. The van der Waals surface area contributed by atoms with Gasteiger partial charge in [0.25, 0.3) is 5.69 Å². The summed E-state index contributed by atoms with van der Waals surface area (Å²) in [5.74, 6) is 0. The van der Waals surface area contributed by atoms with Crippen LogP contribution >= 0.6 is 11.6 Å². The average molecular weight is 296 g/mol. The van der Waals surface area contributed by atoms with Gasteiger partial charge < -0.3 is 5.32 Å². The van der Waals surface area contributed by atoms with Gasteiger partial charge in [-0.1, -0.05) is 11.6 Å². The van der Waals surface area contributed by atoms with Gasteiger partial charge in [-0.25, -0.2) is 0 Å². The molecule has 1 saturated heterocycles. The first kappa shape index (κ1) is 13.8. The third kappa shape index (κ3) is 3.11. The Hall–Kier alpha value is -1.17. The number of hydrogen-bond acceptors (Lipinski definition) is 4. The molecule has 1 heterocycles. The summed E-state index contributed by atoms with van der Waals surface area (Å²) in [5, 5.41) is 14.6. The van der Waals surface area contributed by atoms with Crippen LogP contribution in [-0.4, -0.2) is 35.0 Å². The predicted molar refractivity (Wildman–Crippen MR) is 77.9 cm³/mol. The highest BCUT2D eigenvalue weighted by Crippen LogP contribution is 2.30. The number of halogens is 1. The van der Waals surface area contributed by atoms with Crippen LogP contribution in [0.2, 0.25) is 5.02 Å². The monoisotopic (exact) mass is 295 g/mol. The molecule has 1 unspecified atom stereocenters. The fourth-order valence-electron chi connectivity index (χ4n) is 2.77. The fourth-order valence-corrected chi connectivity index (χ4v) is 3.01. The molecule has 1 atom stereocenters. The van der Waals surface area contributed by atoms with Gasteiger partial charge in [0.15, 0.2) is 0 Å². The molecule has 1 saturated carbocycles. The second-order valence-electron chi connectivity index (χ2n) is 5.63. The summed E-state index contributed by atoms with van der Waals surface area (Å²) >= 11 is 6.09. The first-order valence-electron chi connectivity index (χ1n) is 7.04. The van der Waals surface area contributed by atoms with E-state index < -0.39 is 4.92 Å². The van der Waals surface area contributed by atoms with Crippen LogP contribution in [0.25, 0.3) is 0 Å². The van der Waals surface area contributed by atoms with Crippen molar-refractivity contribution in [1.82, 2.24) is 10.2 Å². The molecule has 1 N–H and O–H groups in total. The Morgan fingerprint density at radius 2 is 2.20 bits per heavy atom. The maximum atomic E-state index is 10.7. The molecule has 5 nitrogen and oxygen atoms in total. The zero-order chi connectivity index (χ0) is 14.1. The Kier molecular flexibility index (Phi) is 3.92. The zero-order valence-corrected chi connectivity index (χ0v) is 12.0. The van der Waals surface area contributed by atoms with E-state index in [0.29, 0.717) is 17.6 Å². The molecule has 2 aliphatic rings. The minimum Gasteiger partial charge on any atom is -0.309 e. The first-order valence-corrected chi connectivity index (χ1v) is 7.41. The lowest BCUT2D eigenvalue weighted by Crippen LogP contribution is -2.32. The highest BCUT2D eigenvalue weighted by atomic mass is 35.5. The van der Waals surface area contributed by atoms with Crippen molar-refractivity contribution in [1.29, 1.82) is 0 Å². The van der Waals surface area contributed by atoms with Gasteiger partial charge in [-0.05, 0) is 30.9 Å². The van der Waals surface area contributed by atoms with Gasteiger partial charge in [0, 0.05) is 43.9 Å². The maximum Gasteiger partial charge on any atom is 0.270 e. The lowest BCUT2D eigenvalue weighted by Gasteiger charge is -2.16. The quantitative estimate of drug-likeness (QED) is 0.670. The van der Waals surface area contributed by atoms with Crippen LogP contribution in [-0.2, 0) is 6.54 Å². The van der Waals surface area contributed by atoms with Crippen molar-refractivity contribution in [2.75, 3.05) is 13.1 Å². The van der Waals surface area contributed by atoms with Gasteiger partial charge >= 0.3 is 0 Å². The zero-order valence-electron chi connectivity index (χ0n) is 11.2. The van der Waals surface area contributed by atoms with Crippen LogP contribution in [0.3, 0.4) is 0 Å². The summed E-state index contributed by atoms with van der Waals surface area (Å²) in [6.45, 7) is 2.95. The van der Waals surface area contributed by atoms with Crippen molar-refractivity contribution < 1.29 is 4.92 Å². The molecule has 1 aromatic rings. The Morgan fingerprint density at radius 3 is 2.85 bits per heavy atom. The van der Waals surface area contributed by atoms with E-state index in [1.807, 2.05) is 0 Å². The Bertz CT molecular complexity index is 519. The second kappa shape index (κ2) is 5.68. The minimum absolute atomic E-state index is 0.0412. The van der Waals surface area contributed by atoms with Crippen LogP contribution in [0.15, 0.2) is 18.2 Å². The fraction of sp³-hybridized carbons (Fsp3) is 0.571. The third-order valence-corrected chi connectivity index (χ3v) is 4.46. The van der Waals surface area contributed by atoms with Crippen LogP contribution < -0.4 is 5.32 Å². The average Bonchev–Trinajstić information content (AvgIpc) is 3.17. The van der Waals surface area contributed by atoms with Crippen LogP contribution in [0.4, 0.5) is 5.69 Å². The largest absolute Gasteiger partial charge is 0.309 e. The normalized spacial score (nSPS) is 23.1. The molecule has 0 radical (unpaired) electrons. The number of non-ortho nitro benzene ring substituents is 1. The van der Waals surface area contributed by atoms with E-state index in [-0.39, 0.29) is 5.69 Å². The first-order chi connectivity index (χ1) is 9.63. The van der Waals surface area contributed by atoms with Gasteiger partial charge in [-0.15, -0.1) is 0 Å². The van der Waals surface area contributed by atoms with Crippen molar-refractivity contribution in [3.8, 4) is 0 Å². The molecule has 1 aromatic carbocycles. The summed E-state index contributed by atoms with van der Waals surface area (Å²) in [4.78, 5) is 12.8. The Morgan fingerprint density at radius 1 is 1.40 bits per heavy atom. The minimum atomic E-state index is -0.423. The van der Waals surface area contributed by atoms with Crippen LogP contribution in [0, 0.1) is 10.1 Å². The topological polar surface area (TPSA) is 58.4 Å². The molecule has 108 valence electrons. The predicted octanol–water partition coefficient (Wildman–Crippen LogP) is 2.57. The number of likely N-dealkylation sites (tertiary alicyclic amines) is 1. The number of rotatable bonds is 5. The molecule has 2 fully saturated rings. The Labute approximate surface area is 123 Å². The molecule has 0 spiro atoms. The van der Waals surface area contributed by atoms with E-state index in [4.69, 9.17) is 11.6 Å². The van der Waals surface area contributed by atoms with Crippen LogP contribution in [0.1, 0.15) is 24.8 Å². The molecule has 0 aromatic heterocycles. The Balaban J connectivity index is 1.54. The van der Waals surface area contributed by atoms with Crippen molar-refractivity contribution in [2.24, 2.45) is 0 Å². The molecule has 1 aliphatic carbocycles. The number of benzene rings is 1. The summed E-state index contributed by atoms with van der Waals surface area (Å²) in [6, 6.07) is 5.99. The van der Waals surface area contributed by atoms with Crippen molar-refractivity contribution in [3.63, 3.8) is 0 Å². The summed E-state index contributed by atoms with van der Waals surface area (Å²) in [5.41, 5.74) is 0.960. The third-order valence-electron chi connectivity index (χ3n) is 4.11. The van der Waals surface area contributed by atoms with E-state index in [0.717, 1.165) is 18.2 Å². The molecule has 3 rings (SSSR count). The smallest absolute Gasteiger partial charge is 0.270 e. The molecule has 0 bridgehead atoms. The second-order valence-corrected chi connectivity index (χ2v) is 6.03. The lowest BCUT2D eigenvalue weighted by molar-refractivity contribution is -0.384. The summed E-state index contributed by atoms with van der Waals surface area (Å²) in [7, 11) is 0.